The van der Waals surface area contributed by atoms with Gasteiger partial charge in [0.2, 0.25) is 5.78 Å². The lowest BCUT2D eigenvalue weighted by Crippen LogP contribution is -2.60. The summed E-state index contributed by atoms with van der Waals surface area (Å²) >= 11 is 11.9. The number of rotatable bonds is 15. The van der Waals surface area contributed by atoms with Crippen LogP contribution in [-0.4, -0.2) is 69.2 Å². The van der Waals surface area contributed by atoms with Crippen LogP contribution in [0, 0.1) is 11.8 Å². The minimum absolute atomic E-state index is 0.126. The summed E-state index contributed by atoms with van der Waals surface area (Å²) in [6.07, 6.45) is -5.12. The fraction of sp³-hybridized carbons (Fsp3) is 0.464. The van der Waals surface area contributed by atoms with Crippen LogP contribution in [0.1, 0.15) is 19.4 Å². The molecule has 0 aliphatic heterocycles. The molecule has 0 saturated heterocycles. The van der Waals surface area contributed by atoms with E-state index in [9.17, 15) is 36.3 Å². The Bertz CT molecular complexity index is 1310. The highest BCUT2D eigenvalue weighted by atomic mass is 35.5. The molecule has 0 aliphatic carbocycles. The molecule has 16 heteroatoms. The number of amides is 2. The number of hydrogen-bond donors (Lipinski definition) is 3. The number of halogens is 7. The fourth-order valence-corrected chi connectivity index (χ4v) is 4.85. The lowest BCUT2D eigenvalue weighted by Gasteiger charge is -2.34. The molecule has 0 aromatic heterocycles. The highest BCUT2D eigenvalue weighted by molar-refractivity contribution is 6.34. The summed E-state index contributed by atoms with van der Waals surface area (Å²) in [7, 11) is 2.79. The van der Waals surface area contributed by atoms with Crippen LogP contribution in [0.25, 0.3) is 0 Å². The zero-order valence-corrected chi connectivity index (χ0v) is 25.6. The van der Waals surface area contributed by atoms with Gasteiger partial charge >= 0.3 is 12.1 Å². The molecule has 244 valence electrons. The maximum Gasteiger partial charge on any atom is 0.405 e. The van der Waals surface area contributed by atoms with Crippen LogP contribution >= 0.6 is 23.2 Å². The van der Waals surface area contributed by atoms with Crippen molar-refractivity contribution >= 4 is 40.8 Å². The van der Waals surface area contributed by atoms with Crippen molar-refractivity contribution in [1.82, 2.24) is 10.6 Å². The van der Waals surface area contributed by atoms with Gasteiger partial charge in [0, 0.05) is 28.0 Å². The molecule has 1 unspecified atom stereocenters. The SMILES string of the molecule is COc1ccc(C[C@H](NC(=O)COc2cc(Cl)cc(Cl)c2)C(N)[C@@H](C(=O)C(F)(F)C(=O)NCC(F)(F)F)C(C)C)cc1OC. The number of benzene rings is 2. The number of methoxy groups -OCH3 is 2. The first-order valence-electron chi connectivity index (χ1n) is 13.0. The van der Waals surface area contributed by atoms with Gasteiger partial charge in [0.1, 0.15) is 12.3 Å². The molecular weight excluding hydrogens is 640 g/mol. The zero-order valence-electron chi connectivity index (χ0n) is 24.1. The number of nitrogens with one attached hydrogen (secondary N) is 2. The maximum atomic E-state index is 14.9. The zero-order chi connectivity index (χ0) is 33.4. The van der Waals surface area contributed by atoms with Crippen LogP contribution in [-0.2, 0) is 20.8 Å². The molecule has 0 bridgehead atoms. The number of carbonyl (C=O) groups is 3. The summed E-state index contributed by atoms with van der Waals surface area (Å²) in [5, 5.41) is 4.08. The summed E-state index contributed by atoms with van der Waals surface area (Å²) in [4.78, 5) is 38.0. The van der Waals surface area contributed by atoms with Gasteiger partial charge in [-0.3, -0.25) is 14.4 Å². The Balaban J connectivity index is 2.39. The molecule has 2 rings (SSSR count). The molecule has 0 heterocycles. The van der Waals surface area contributed by atoms with Crippen LogP contribution < -0.4 is 30.6 Å². The van der Waals surface area contributed by atoms with Gasteiger partial charge in [-0.25, -0.2) is 0 Å². The van der Waals surface area contributed by atoms with E-state index in [-0.39, 0.29) is 22.2 Å². The van der Waals surface area contributed by atoms with Gasteiger partial charge < -0.3 is 30.6 Å². The van der Waals surface area contributed by atoms with Crippen LogP contribution in [0.2, 0.25) is 10.0 Å². The Hall–Kier alpha value is -3.36. The van der Waals surface area contributed by atoms with E-state index in [4.69, 9.17) is 43.1 Å². The Kier molecular flexibility index (Phi) is 13.0. The average Bonchev–Trinajstić information content (AvgIpc) is 2.93. The first kappa shape index (κ1) is 36.8. The van der Waals surface area contributed by atoms with Gasteiger partial charge in [-0.05, 0) is 48.2 Å². The van der Waals surface area contributed by atoms with Crippen molar-refractivity contribution in [1.29, 1.82) is 0 Å². The lowest BCUT2D eigenvalue weighted by atomic mass is 9.78. The quantitative estimate of drug-likeness (QED) is 0.187. The van der Waals surface area contributed by atoms with Crippen molar-refractivity contribution in [2.75, 3.05) is 27.4 Å². The molecule has 0 spiro atoms. The summed E-state index contributed by atoms with van der Waals surface area (Å²) in [5.74, 6) is -12.0. The number of ether oxygens (including phenoxy) is 3. The molecular formula is C28H32Cl2F5N3O6. The molecule has 2 amide bonds. The van der Waals surface area contributed by atoms with E-state index < -0.39 is 66.8 Å². The van der Waals surface area contributed by atoms with E-state index in [0.29, 0.717) is 17.1 Å². The molecule has 0 aliphatic rings. The van der Waals surface area contributed by atoms with Gasteiger partial charge in [-0.15, -0.1) is 0 Å². The maximum absolute atomic E-state index is 14.9. The molecule has 44 heavy (non-hydrogen) atoms. The second-order valence-electron chi connectivity index (χ2n) is 10.0. The van der Waals surface area contributed by atoms with E-state index in [1.165, 1.54) is 46.3 Å². The number of ketones is 1. The van der Waals surface area contributed by atoms with Gasteiger partial charge in [-0.1, -0.05) is 43.1 Å². The van der Waals surface area contributed by atoms with Crippen molar-refractivity contribution in [2.24, 2.45) is 17.6 Å². The fourth-order valence-electron chi connectivity index (χ4n) is 4.34. The molecule has 0 radical (unpaired) electrons. The summed E-state index contributed by atoms with van der Waals surface area (Å²) in [6, 6.07) is 6.13. The molecule has 2 aromatic rings. The smallest absolute Gasteiger partial charge is 0.405 e. The molecule has 4 N–H and O–H groups in total. The third-order valence-corrected chi connectivity index (χ3v) is 6.84. The minimum Gasteiger partial charge on any atom is -0.493 e. The van der Waals surface area contributed by atoms with Gasteiger partial charge in [0.15, 0.2) is 18.1 Å². The van der Waals surface area contributed by atoms with Crippen molar-refractivity contribution in [3.8, 4) is 17.2 Å². The Labute approximate surface area is 260 Å². The van der Waals surface area contributed by atoms with Crippen molar-refractivity contribution in [2.45, 2.75) is 44.5 Å². The van der Waals surface area contributed by atoms with Gasteiger partial charge in [0.25, 0.3) is 11.8 Å². The van der Waals surface area contributed by atoms with E-state index in [0.717, 1.165) is 5.32 Å². The van der Waals surface area contributed by atoms with Gasteiger partial charge in [-0.2, -0.15) is 22.0 Å². The largest absolute Gasteiger partial charge is 0.493 e. The van der Waals surface area contributed by atoms with E-state index in [1.807, 2.05) is 0 Å². The first-order valence-corrected chi connectivity index (χ1v) is 13.8. The predicted molar refractivity (Wildman–Crippen MR) is 152 cm³/mol. The Morgan fingerprint density at radius 1 is 0.932 bits per heavy atom. The van der Waals surface area contributed by atoms with Crippen LogP contribution in [0.3, 0.4) is 0 Å². The van der Waals surface area contributed by atoms with Crippen LogP contribution in [0.5, 0.6) is 17.2 Å². The van der Waals surface area contributed by atoms with Gasteiger partial charge in [0.05, 0.1) is 14.2 Å². The predicted octanol–water partition coefficient (Wildman–Crippen LogP) is 4.60. The van der Waals surface area contributed by atoms with Crippen LogP contribution in [0.4, 0.5) is 22.0 Å². The molecule has 0 saturated carbocycles. The van der Waals surface area contributed by atoms with Crippen molar-refractivity contribution in [3.05, 3.63) is 52.0 Å². The topological polar surface area (TPSA) is 129 Å². The third kappa shape index (κ3) is 10.4. The van der Waals surface area contributed by atoms with E-state index >= 15 is 0 Å². The molecule has 3 atom stereocenters. The molecule has 0 fully saturated rings. The number of alkyl halides is 5. The lowest BCUT2D eigenvalue weighted by molar-refractivity contribution is -0.167. The standard InChI is InChI=1S/C28H32Cl2F5N3O6/c1-14(2)23(25(40)28(34,35)26(41)37-13-27(31,32)33)24(36)19(7-15-5-6-20(42-3)21(8-15)43-4)38-22(39)12-44-18-10-16(29)9-17(30)11-18/h5-6,8-11,14,19,23-24H,7,12-13,36H2,1-4H3,(H,37,41)(H,38,39)/t19-,23-,24?/m0/s1. The second kappa shape index (κ2) is 15.6. The monoisotopic (exact) mass is 671 g/mol. The second-order valence-corrected chi connectivity index (χ2v) is 10.9. The number of hydrogen-bond acceptors (Lipinski definition) is 7. The highest BCUT2D eigenvalue weighted by Gasteiger charge is 2.53. The van der Waals surface area contributed by atoms with E-state index in [2.05, 4.69) is 5.32 Å². The van der Waals surface area contributed by atoms with Crippen molar-refractivity contribution in [3.63, 3.8) is 0 Å². The summed E-state index contributed by atoms with van der Waals surface area (Å²) < 4.78 is 83.3. The number of nitrogens with two attached hydrogens (primary N) is 1. The summed E-state index contributed by atoms with van der Waals surface area (Å²) in [5.41, 5.74) is 6.84. The first-order chi connectivity index (χ1) is 20.4. The highest BCUT2D eigenvalue weighted by Crippen LogP contribution is 2.31. The molecule has 2 aromatic carbocycles. The Morgan fingerprint density at radius 3 is 2.05 bits per heavy atom. The third-order valence-electron chi connectivity index (χ3n) is 6.40. The van der Waals surface area contributed by atoms with Crippen molar-refractivity contribution < 1.29 is 50.5 Å². The minimum atomic E-state index is -4.99. The summed E-state index contributed by atoms with van der Waals surface area (Å²) in [6.45, 7) is 0.0753. The molecule has 9 nitrogen and oxygen atoms in total. The normalized spacial score (nSPS) is 13.9. The number of Topliss-reactive ketones (excluding diaryl/α,β-unsaturated/α-hetero) is 1. The Morgan fingerprint density at radius 2 is 1.52 bits per heavy atom. The van der Waals surface area contributed by atoms with Crippen LogP contribution in [0.15, 0.2) is 36.4 Å². The average molecular weight is 672 g/mol. The number of carbonyl (C=O) groups excluding carboxylic acids is 3. The van der Waals surface area contributed by atoms with E-state index in [1.54, 1.807) is 18.2 Å².